The molecule has 0 aliphatic carbocycles. The zero-order valence-electron chi connectivity index (χ0n) is 14.8. The van der Waals surface area contributed by atoms with E-state index in [4.69, 9.17) is 5.73 Å². The first kappa shape index (κ1) is 17.2. The quantitative estimate of drug-likeness (QED) is 0.551. The fourth-order valence-electron chi connectivity index (χ4n) is 2.64. The molecular formula is C20H29N3. The van der Waals surface area contributed by atoms with Crippen LogP contribution in [-0.4, -0.2) is 13.6 Å². The predicted molar refractivity (Wildman–Crippen MR) is 103 cm³/mol. The Bertz CT molecular complexity index is 649. The van der Waals surface area contributed by atoms with E-state index >= 15 is 0 Å². The van der Waals surface area contributed by atoms with E-state index in [-0.39, 0.29) is 0 Å². The van der Waals surface area contributed by atoms with Crippen molar-refractivity contribution in [3.8, 4) is 0 Å². The van der Waals surface area contributed by atoms with Crippen molar-refractivity contribution in [3.05, 3.63) is 47.5 Å². The second-order valence-electron chi connectivity index (χ2n) is 6.08. The SMILES string of the molecule is CCCCNc1ccc(N(C)c2ccc(C)c(N)c2)cc1CC. The maximum Gasteiger partial charge on any atom is 0.0428 e. The van der Waals surface area contributed by atoms with E-state index in [2.05, 4.69) is 61.4 Å². The van der Waals surface area contributed by atoms with E-state index in [1.54, 1.807) is 0 Å². The molecule has 3 nitrogen and oxygen atoms in total. The van der Waals surface area contributed by atoms with Crippen LogP contribution in [0.3, 0.4) is 0 Å². The van der Waals surface area contributed by atoms with Gasteiger partial charge in [-0.1, -0.05) is 26.3 Å². The van der Waals surface area contributed by atoms with E-state index in [1.165, 1.54) is 29.8 Å². The Balaban J connectivity index is 2.23. The minimum atomic E-state index is 0.836. The minimum Gasteiger partial charge on any atom is -0.398 e. The van der Waals surface area contributed by atoms with Gasteiger partial charge in [0.1, 0.15) is 0 Å². The second-order valence-corrected chi connectivity index (χ2v) is 6.08. The van der Waals surface area contributed by atoms with Crippen LogP contribution in [-0.2, 0) is 6.42 Å². The van der Waals surface area contributed by atoms with Crippen molar-refractivity contribution in [1.82, 2.24) is 0 Å². The van der Waals surface area contributed by atoms with Crippen molar-refractivity contribution in [1.29, 1.82) is 0 Å². The third-order valence-electron chi connectivity index (χ3n) is 4.35. The summed E-state index contributed by atoms with van der Waals surface area (Å²) in [5.41, 5.74) is 12.9. The summed E-state index contributed by atoms with van der Waals surface area (Å²) in [6.45, 7) is 7.49. The summed E-state index contributed by atoms with van der Waals surface area (Å²) in [4.78, 5) is 2.19. The van der Waals surface area contributed by atoms with Crippen molar-refractivity contribution >= 4 is 22.7 Å². The van der Waals surface area contributed by atoms with Crippen LogP contribution < -0.4 is 16.0 Å². The Morgan fingerprint density at radius 1 is 1.04 bits per heavy atom. The molecule has 0 aromatic heterocycles. The summed E-state index contributed by atoms with van der Waals surface area (Å²) < 4.78 is 0. The van der Waals surface area contributed by atoms with Crippen molar-refractivity contribution in [3.63, 3.8) is 0 Å². The molecule has 23 heavy (non-hydrogen) atoms. The van der Waals surface area contributed by atoms with Crippen molar-refractivity contribution < 1.29 is 0 Å². The van der Waals surface area contributed by atoms with Crippen LogP contribution in [0.1, 0.15) is 37.8 Å². The maximum atomic E-state index is 6.05. The molecule has 124 valence electrons. The Hall–Kier alpha value is -2.16. The van der Waals surface area contributed by atoms with Crippen molar-refractivity contribution in [2.24, 2.45) is 0 Å². The standard InChI is InChI=1S/C20H29N3/c1-5-7-12-22-20-11-10-17(13-16(20)6-2)23(4)18-9-8-15(3)19(21)14-18/h8-11,13-14,22H,5-7,12,21H2,1-4H3. The van der Waals surface area contributed by atoms with Gasteiger partial charge in [0.05, 0.1) is 0 Å². The third-order valence-corrected chi connectivity index (χ3v) is 4.35. The molecule has 2 rings (SSSR count). The number of hydrogen-bond acceptors (Lipinski definition) is 3. The summed E-state index contributed by atoms with van der Waals surface area (Å²) in [7, 11) is 2.09. The summed E-state index contributed by atoms with van der Waals surface area (Å²) in [5, 5.41) is 3.55. The van der Waals surface area contributed by atoms with E-state index in [1.807, 2.05) is 13.0 Å². The fourth-order valence-corrected chi connectivity index (χ4v) is 2.64. The molecule has 2 aromatic rings. The summed E-state index contributed by atoms with van der Waals surface area (Å²) >= 11 is 0. The molecule has 3 N–H and O–H groups in total. The molecule has 0 aliphatic heterocycles. The Labute approximate surface area is 140 Å². The lowest BCUT2D eigenvalue weighted by Gasteiger charge is -2.22. The monoisotopic (exact) mass is 311 g/mol. The number of benzene rings is 2. The van der Waals surface area contributed by atoms with Crippen molar-refractivity contribution in [2.75, 3.05) is 29.5 Å². The van der Waals surface area contributed by atoms with E-state index in [0.717, 1.165) is 29.9 Å². The van der Waals surface area contributed by atoms with Gasteiger partial charge in [-0.3, -0.25) is 0 Å². The Morgan fingerprint density at radius 2 is 1.74 bits per heavy atom. The number of rotatable bonds is 7. The van der Waals surface area contributed by atoms with Crippen LogP contribution in [0.15, 0.2) is 36.4 Å². The number of nitrogens with one attached hydrogen (secondary N) is 1. The van der Waals surface area contributed by atoms with E-state index in [0.29, 0.717) is 0 Å². The van der Waals surface area contributed by atoms with Crippen LogP contribution in [0.5, 0.6) is 0 Å². The number of unbranched alkanes of at least 4 members (excludes halogenated alkanes) is 1. The van der Waals surface area contributed by atoms with Gasteiger partial charge in [0, 0.05) is 36.3 Å². The smallest absolute Gasteiger partial charge is 0.0428 e. The van der Waals surface area contributed by atoms with Crippen LogP contribution in [0, 0.1) is 6.92 Å². The Morgan fingerprint density at radius 3 is 2.39 bits per heavy atom. The highest BCUT2D eigenvalue weighted by molar-refractivity contribution is 5.70. The summed E-state index contributed by atoms with van der Waals surface area (Å²) in [6.07, 6.45) is 3.43. The Kier molecular flexibility index (Phi) is 5.91. The van der Waals surface area contributed by atoms with E-state index < -0.39 is 0 Å². The van der Waals surface area contributed by atoms with Crippen molar-refractivity contribution in [2.45, 2.75) is 40.0 Å². The maximum absolute atomic E-state index is 6.05. The molecule has 2 aromatic carbocycles. The van der Waals surface area contributed by atoms with E-state index in [9.17, 15) is 0 Å². The number of nitrogens with zero attached hydrogens (tertiary/aromatic N) is 1. The van der Waals surface area contributed by atoms with Gasteiger partial charge in [-0.2, -0.15) is 0 Å². The number of hydrogen-bond donors (Lipinski definition) is 2. The molecule has 0 aliphatic rings. The lowest BCUT2D eigenvalue weighted by atomic mass is 10.1. The second kappa shape index (κ2) is 7.91. The zero-order chi connectivity index (χ0) is 16.8. The first-order valence-corrected chi connectivity index (χ1v) is 8.53. The van der Waals surface area contributed by atoms with Gasteiger partial charge in [-0.25, -0.2) is 0 Å². The van der Waals surface area contributed by atoms with Crippen LogP contribution in [0.4, 0.5) is 22.7 Å². The largest absolute Gasteiger partial charge is 0.398 e. The minimum absolute atomic E-state index is 0.836. The zero-order valence-corrected chi connectivity index (χ0v) is 14.8. The lowest BCUT2D eigenvalue weighted by molar-refractivity contribution is 0.833. The van der Waals surface area contributed by atoms with Crippen LogP contribution in [0.25, 0.3) is 0 Å². The van der Waals surface area contributed by atoms with Gasteiger partial charge in [0.2, 0.25) is 0 Å². The van der Waals surface area contributed by atoms with Crippen LogP contribution >= 0.6 is 0 Å². The predicted octanol–water partition coefficient (Wildman–Crippen LogP) is 5.12. The van der Waals surface area contributed by atoms with Gasteiger partial charge in [-0.05, 0) is 61.2 Å². The molecule has 0 bridgehead atoms. The molecule has 0 saturated heterocycles. The van der Waals surface area contributed by atoms with Gasteiger partial charge in [-0.15, -0.1) is 0 Å². The van der Waals surface area contributed by atoms with Gasteiger partial charge in [0.25, 0.3) is 0 Å². The average molecular weight is 311 g/mol. The number of anilines is 4. The van der Waals surface area contributed by atoms with Crippen LogP contribution in [0.2, 0.25) is 0 Å². The molecule has 0 spiro atoms. The molecule has 0 heterocycles. The van der Waals surface area contributed by atoms with Gasteiger partial charge in [0.15, 0.2) is 0 Å². The molecule has 0 saturated carbocycles. The topological polar surface area (TPSA) is 41.3 Å². The fraction of sp³-hybridized carbons (Fsp3) is 0.400. The van der Waals surface area contributed by atoms with Gasteiger partial charge >= 0.3 is 0 Å². The number of nitrogen functional groups attached to an aromatic ring is 1. The average Bonchev–Trinajstić information content (AvgIpc) is 2.57. The molecule has 0 fully saturated rings. The molecule has 0 amide bonds. The number of nitrogens with two attached hydrogens (primary N) is 1. The highest BCUT2D eigenvalue weighted by Gasteiger charge is 2.08. The first-order chi connectivity index (χ1) is 11.1. The summed E-state index contributed by atoms with van der Waals surface area (Å²) in [6, 6.07) is 12.9. The molecular weight excluding hydrogens is 282 g/mol. The molecule has 3 heteroatoms. The highest BCUT2D eigenvalue weighted by Crippen LogP contribution is 2.30. The highest BCUT2D eigenvalue weighted by atomic mass is 15.1. The molecule has 0 radical (unpaired) electrons. The normalized spacial score (nSPS) is 10.6. The molecule has 0 atom stereocenters. The van der Waals surface area contributed by atoms with Gasteiger partial charge < -0.3 is 16.0 Å². The first-order valence-electron chi connectivity index (χ1n) is 8.53. The summed E-state index contributed by atoms with van der Waals surface area (Å²) in [5.74, 6) is 0. The third kappa shape index (κ3) is 4.19. The molecule has 0 unspecified atom stereocenters. The lowest BCUT2D eigenvalue weighted by Crippen LogP contribution is -2.11. The number of aryl methyl sites for hydroxylation is 2.